The second-order valence-electron chi connectivity index (χ2n) is 5.84. The highest BCUT2D eigenvalue weighted by molar-refractivity contribution is 7.20. The van der Waals surface area contributed by atoms with Crippen molar-refractivity contribution in [2.45, 2.75) is 31.3 Å². The van der Waals surface area contributed by atoms with Crippen molar-refractivity contribution < 1.29 is 18.8 Å². The number of hydrogen-bond acceptors (Lipinski definition) is 4. The number of nitrogens with zero attached hydrogens (tertiary/aromatic N) is 1. The molecule has 0 bridgehead atoms. The Balaban J connectivity index is 1.71. The Labute approximate surface area is 135 Å². The van der Waals surface area contributed by atoms with Gasteiger partial charge in [0, 0.05) is 16.1 Å². The summed E-state index contributed by atoms with van der Waals surface area (Å²) in [6.07, 6.45) is 1.65. The number of halogens is 1. The van der Waals surface area contributed by atoms with Crippen LogP contribution in [0.2, 0.25) is 0 Å². The molecule has 1 aliphatic heterocycles. The minimum atomic E-state index is -0.752. The Kier molecular flexibility index (Phi) is 3.19. The second-order valence-corrected chi connectivity index (χ2v) is 6.92. The summed E-state index contributed by atoms with van der Waals surface area (Å²) in [5.74, 6) is -1.46. The third kappa shape index (κ3) is 2.41. The van der Waals surface area contributed by atoms with Gasteiger partial charge in [0.2, 0.25) is 11.8 Å². The molecule has 0 radical (unpaired) electrons. The van der Waals surface area contributed by atoms with E-state index in [-0.39, 0.29) is 30.1 Å². The number of benzene rings is 1. The molecule has 7 heteroatoms. The van der Waals surface area contributed by atoms with Crippen LogP contribution in [-0.2, 0) is 9.59 Å². The highest BCUT2D eigenvalue weighted by Gasteiger charge is 2.45. The fourth-order valence-corrected chi connectivity index (χ4v) is 3.96. The predicted octanol–water partition coefficient (Wildman–Crippen LogP) is 2.06. The standard InChI is InChI=1S/C16H13FN2O3S/c17-10-2-1-3-12-9(10)6-13(23-12)16(22)19(8-4-5-8)11-7-14(20)18-15(11)21/h1-3,6,8,11H,4-5,7H2,(H,18,20,21). The van der Waals surface area contributed by atoms with E-state index in [1.165, 1.54) is 28.4 Å². The van der Waals surface area contributed by atoms with Crippen LogP contribution in [-0.4, -0.2) is 34.7 Å². The van der Waals surface area contributed by atoms with Crippen molar-refractivity contribution in [1.29, 1.82) is 0 Å². The molecule has 2 heterocycles. The summed E-state index contributed by atoms with van der Waals surface area (Å²) < 4.78 is 14.5. The molecule has 2 aliphatic rings. The minimum Gasteiger partial charge on any atom is -0.322 e. The number of thiophene rings is 1. The maximum absolute atomic E-state index is 13.8. The highest BCUT2D eigenvalue weighted by atomic mass is 32.1. The summed E-state index contributed by atoms with van der Waals surface area (Å²) in [5.41, 5.74) is 0. The fraction of sp³-hybridized carbons (Fsp3) is 0.312. The summed E-state index contributed by atoms with van der Waals surface area (Å²) in [7, 11) is 0. The molecule has 2 aromatic rings. The third-order valence-corrected chi connectivity index (χ3v) is 5.26. The van der Waals surface area contributed by atoms with Crippen LogP contribution in [0.1, 0.15) is 28.9 Å². The minimum absolute atomic E-state index is 0.000327. The summed E-state index contributed by atoms with van der Waals surface area (Å²) >= 11 is 1.21. The van der Waals surface area contributed by atoms with Crippen LogP contribution in [0.4, 0.5) is 4.39 Å². The van der Waals surface area contributed by atoms with E-state index >= 15 is 0 Å². The molecule has 1 atom stereocenters. The Morgan fingerprint density at radius 2 is 2.09 bits per heavy atom. The quantitative estimate of drug-likeness (QED) is 0.875. The van der Waals surface area contributed by atoms with E-state index in [9.17, 15) is 18.8 Å². The first-order valence-corrected chi connectivity index (χ1v) is 8.20. The van der Waals surface area contributed by atoms with Crippen molar-refractivity contribution in [3.63, 3.8) is 0 Å². The lowest BCUT2D eigenvalue weighted by atomic mass is 10.2. The molecule has 1 aromatic carbocycles. The van der Waals surface area contributed by atoms with Gasteiger partial charge in [-0.25, -0.2) is 4.39 Å². The van der Waals surface area contributed by atoms with Gasteiger partial charge in [-0.3, -0.25) is 19.7 Å². The van der Waals surface area contributed by atoms with Crippen molar-refractivity contribution in [2.24, 2.45) is 0 Å². The molecule has 23 heavy (non-hydrogen) atoms. The molecule has 5 nitrogen and oxygen atoms in total. The molecule has 2 fully saturated rings. The Morgan fingerprint density at radius 3 is 2.70 bits per heavy atom. The van der Waals surface area contributed by atoms with Gasteiger partial charge in [-0.1, -0.05) is 6.07 Å². The molecular weight excluding hydrogens is 319 g/mol. The molecule has 1 N–H and O–H groups in total. The number of amides is 3. The maximum atomic E-state index is 13.8. The lowest BCUT2D eigenvalue weighted by molar-refractivity contribution is -0.126. The van der Waals surface area contributed by atoms with Crippen LogP contribution in [0.25, 0.3) is 10.1 Å². The monoisotopic (exact) mass is 332 g/mol. The lowest BCUT2D eigenvalue weighted by Crippen LogP contribution is -2.45. The second kappa shape index (κ2) is 5.13. The van der Waals surface area contributed by atoms with Crippen LogP contribution in [0.5, 0.6) is 0 Å². The molecule has 1 saturated heterocycles. The van der Waals surface area contributed by atoms with Crippen LogP contribution < -0.4 is 5.32 Å². The van der Waals surface area contributed by atoms with Gasteiger partial charge in [0.25, 0.3) is 5.91 Å². The largest absolute Gasteiger partial charge is 0.322 e. The van der Waals surface area contributed by atoms with Crippen molar-refractivity contribution in [3.8, 4) is 0 Å². The average Bonchev–Trinajstić information content (AvgIpc) is 3.14. The number of hydrogen-bond donors (Lipinski definition) is 1. The van der Waals surface area contributed by atoms with E-state index in [4.69, 9.17) is 0 Å². The number of carbonyl (C=O) groups excluding carboxylic acids is 3. The zero-order valence-electron chi connectivity index (χ0n) is 12.0. The van der Waals surface area contributed by atoms with Gasteiger partial charge >= 0.3 is 0 Å². The molecular formula is C16H13FN2O3S. The average molecular weight is 332 g/mol. The number of fused-ring (bicyclic) bond motifs is 1. The Hall–Kier alpha value is -2.28. The van der Waals surface area contributed by atoms with E-state index in [1.54, 1.807) is 12.1 Å². The van der Waals surface area contributed by atoms with Crippen molar-refractivity contribution in [2.75, 3.05) is 0 Å². The van der Waals surface area contributed by atoms with E-state index in [0.717, 1.165) is 12.8 Å². The first-order valence-electron chi connectivity index (χ1n) is 7.39. The normalized spacial score (nSPS) is 20.8. The predicted molar refractivity (Wildman–Crippen MR) is 82.5 cm³/mol. The first-order chi connectivity index (χ1) is 11.0. The topological polar surface area (TPSA) is 66.5 Å². The van der Waals surface area contributed by atoms with Crippen LogP contribution in [0.3, 0.4) is 0 Å². The van der Waals surface area contributed by atoms with Crippen molar-refractivity contribution in [1.82, 2.24) is 10.2 Å². The summed E-state index contributed by atoms with van der Waals surface area (Å²) in [6.45, 7) is 0. The van der Waals surface area contributed by atoms with E-state index in [1.807, 2.05) is 0 Å². The molecule has 1 unspecified atom stereocenters. The number of nitrogens with one attached hydrogen (secondary N) is 1. The van der Waals surface area contributed by atoms with Gasteiger partial charge < -0.3 is 4.90 Å². The smallest absolute Gasteiger partial charge is 0.264 e. The van der Waals surface area contributed by atoms with Gasteiger partial charge in [0.15, 0.2) is 0 Å². The van der Waals surface area contributed by atoms with E-state index < -0.39 is 11.9 Å². The van der Waals surface area contributed by atoms with Gasteiger partial charge in [-0.2, -0.15) is 0 Å². The van der Waals surface area contributed by atoms with Crippen molar-refractivity contribution >= 4 is 39.1 Å². The van der Waals surface area contributed by atoms with Crippen LogP contribution in [0, 0.1) is 5.82 Å². The molecule has 118 valence electrons. The zero-order chi connectivity index (χ0) is 16.1. The molecule has 0 spiro atoms. The Morgan fingerprint density at radius 1 is 1.30 bits per heavy atom. The molecule has 1 aromatic heterocycles. The van der Waals surface area contributed by atoms with Gasteiger partial charge in [-0.15, -0.1) is 11.3 Å². The fourth-order valence-electron chi connectivity index (χ4n) is 2.94. The summed E-state index contributed by atoms with van der Waals surface area (Å²) in [4.78, 5) is 38.1. The number of carbonyl (C=O) groups is 3. The third-order valence-electron chi connectivity index (χ3n) is 4.17. The van der Waals surface area contributed by atoms with Crippen LogP contribution in [0.15, 0.2) is 24.3 Å². The molecule has 1 saturated carbocycles. The summed E-state index contributed by atoms with van der Waals surface area (Å²) in [6, 6.07) is 5.47. The zero-order valence-corrected chi connectivity index (χ0v) is 12.9. The number of imide groups is 1. The first kappa shape index (κ1) is 14.3. The van der Waals surface area contributed by atoms with E-state index in [0.29, 0.717) is 15.0 Å². The molecule has 3 amide bonds. The van der Waals surface area contributed by atoms with Gasteiger partial charge in [0.1, 0.15) is 11.9 Å². The lowest BCUT2D eigenvalue weighted by Gasteiger charge is -2.26. The maximum Gasteiger partial charge on any atom is 0.264 e. The van der Waals surface area contributed by atoms with Crippen LogP contribution >= 0.6 is 11.3 Å². The van der Waals surface area contributed by atoms with Gasteiger partial charge in [-0.05, 0) is 31.0 Å². The molecule has 4 rings (SSSR count). The van der Waals surface area contributed by atoms with Crippen molar-refractivity contribution in [3.05, 3.63) is 35.0 Å². The highest BCUT2D eigenvalue weighted by Crippen LogP contribution is 2.35. The van der Waals surface area contributed by atoms with E-state index in [2.05, 4.69) is 5.32 Å². The Bertz CT molecular complexity index is 843. The SMILES string of the molecule is O=C1CC(N(C(=O)c2cc3c(F)cccc3s2)C2CC2)C(=O)N1. The van der Waals surface area contributed by atoms with Gasteiger partial charge in [0.05, 0.1) is 11.3 Å². The number of rotatable bonds is 3. The summed E-state index contributed by atoms with van der Waals surface area (Å²) in [5, 5.41) is 2.65. The molecule has 1 aliphatic carbocycles.